The summed E-state index contributed by atoms with van der Waals surface area (Å²) in [4.78, 5) is 23.6. The first-order valence-corrected chi connectivity index (χ1v) is 7.23. The fourth-order valence-electron chi connectivity index (χ4n) is 2.52. The third kappa shape index (κ3) is 3.09. The van der Waals surface area contributed by atoms with Crippen LogP contribution in [0.25, 0.3) is 0 Å². The number of carboxylic acid groups (broad SMARTS) is 1. The number of aromatic nitrogens is 2. The molecule has 1 amide bonds. The first-order valence-electron chi connectivity index (χ1n) is 6.45. The lowest BCUT2D eigenvalue weighted by molar-refractivity contribution is -0.142. The molecule has 1 saturated carbocycles. The molecule has 19 heavy (non-hydrogen) atoms. The lowest BCUT2D eigenvalue weighted by Gasteiger charge is -2.15. The number of aryl methyl sites for hydroxylation is 1. The molecule has 0 aliphatic heterocycles. The predicted molar refractivity (Wildman–Crippen MR) is 70.1 cm³/mol. The van der Waals surface area contributed by atoms with Gasteiger partial charge in [-0.25, -0.2) is 0 Å². The minimum absolute atomic E-state index is 0.0346. The number of carboxylic acids is 1. The Morgan fingerprint density at radius 3 is 2.95 bits per heavy atom. The minimum atomic E-state index is -0.759. The summed E-state index contributed by atoms with van der Waals surface area (Å²) in [5.41, 5.74) is 0.698. The molecule has 7 heteroatoms. The molecule has 2 unspecified atom stereocenters. The zero-order chi connectivity index (χ0) is 13.8. The predicted octanol–water partition coefficient (Wildman–Crippen LogP) is 1.33. The maximum Gasteiger partial charge on any atom is 0.306 e. The van der Waals surface area contributed by atoms with E-state index in [1.54, 1.807) is 0 Å². The van der Waals surface area contributed by atoms with Crippen LogP contribution in [-0.2, 0) is 11.2 Å². The quantitative estimate of drug-likeness (QED) is 0.850. The fraction of sp³-hybridized carbons (Fsp3) is 0.667. The highest BCUT2D eigenvalue weighted by atomic mass is 32.1. The number of hydrogen-bond donors (Lipinski definition) is 2. The highest BCUT2D eigenvalue weighted by molar-refractivity contribution is 7.08. The van der Waals surface area contributed by atoms with Crippen molar-refractivity contribution in [3.63, 3.8) is 0 Å². The van der Waals surface area contributed by atoms with Gasteiger partial charge in [0.2, 0.25) is 0 Å². The number of hydrogen-bond acceptors (Lipinski definition) is 5. The van der Waals surface area contributed by atoms with E-state index in [0.717, 1.165) is 24.4 Å². The van der Waals surface area contributed by atoms with Gasteiger partial charge in [-0.3, -0.25) is 9.59 Å². The van der Waals surface area contributed by atoms with Crippen molar-refractivity contribution >= 4 is 23.4 Å². The third-order valence-corrected chi connectivity index (χ3v) is 4.36. The molecule has 0 spiro atoms. The zero-order valence-electron chi connectivity index (χ0n) is 10.8. The lowest BCUT2D eigenvalue weighted by Crippen LogP contribution is -2.33. The maximum absolute atomic E-state index is 12.0. The number of nitrogens with zero attached hydrogens (tertiary/aromatic N) is 2. The van der Waals surface area contributed by atoms with Crippen LogP contribution in [0, 0.1) is 11.8 Å². The molecule has 6 nitrogen and oxygen atoms in total. The van der Waals surface area contributed by atoms with Crippen LogP contribution in [0.5, 0.6) is 0 Å². The molecule has 0 bridgehead atoms. The Balaban J connectivity index is 1.92. The standard InChI is InChI=1S/C12H17N3O3S/c1-2-9-10(19-15-14-9)11(16)13-6-7-4-3-5-8(7)12(17)18/h7-8H,2-6H2,1H3,(H,13,16)(H,17,18). The molecule has 1 heterocycles. The first-order chi connectivity index (χ1) is 9.13. The summed E-state index contributed by atoms with van der Waals surface area (Å²) >= 11 is 1.08. The fourth-order valence-corrected chi connectivity index (χ4v) is 3.19. The number of carbonyl (C=O) groups excluding carboxylic acids is 1. The number of carbonyl (C=O) groups is 2. The van der Waals surface area contributed by atoms with Crippen molar-refractivity contribution in [2.45, 2.75) is 32.6 Å². The van der Waals surface area contributed by atoms with Crippen molar-refractivity contribution in [3.05, 3.63) is 10.6 Å². The normalized spacial score (nSPS) is 22.4. The zero-order valence-corrected chi connectivity index (χ0v) is 11.6. The number of aliphatic carboxylic acids is 1. The molecule has 1 aliphatic carbocycles. The SMILES string of the molecule is CCc1nnsc1C(=O)NCC1CCCC1C(=O)O. The Morgan fingerprint density at radius 2 is 2.26 bits per heavy atom. The van der Waals surface area contributed by atoms with E-state index in [9.17, 15) is 9.59 Å². The Bertz CT molecular complexity index is 475. The smallest absolute Gasteiger partial charge is 0.306 e. The van der Waals surface area contributed by atoms with Gasteiger partial charge < -0.3 is 10.4 Å². The van der Waals surface area contributed by atoms with Gasteiger partial charge >= 0.3 is 5.97 Å². The second-order valence-electron chi connectivity index (χ2n) is 4.75. The van der Waals surface area contributed by atoms with Crippen LogP contribution < -0.4 is 5.32 Å². The third-order valence-electron chi connectivity index (χ3n) is 3.60. The number of rotatable bonds is 5. The van der Waals surface area contributed by atoms with Gasteiger partial charge in [0.25, 0.3) is 5.91 Å². The molecule has 2 N–H and O–H groups in total. The van der Waals surface area contributed by atoms with Gasteiger partial charge in [0.15, 0.2) is 0 Å². The van der Waals surface area contributed by atoms with Crippen LogP contribution in [0.3, 0.4) is 0 Å². The van der Waals surface area contributed by atoms with E-state index in [4.69, 9.17) is 5.11 Å². The second-order valence-corrected chi connectivity index (χ2v) is 5.50. The van der Waals surface area contributed by atoms with Crippen molar-refractivity contribution in [1.82, 2.24) is 14.9 Å². The molecule has 2 rings (SSSR count). The van der Waals surface area contributed by atoms with Crippen LogP contribution in [0.1, 0.15) is 41.6 Å². The maximum atomic E-state index is 12.0. The summed E-state index contributed by atoms with van der Waals surface area (Å²) in [6, 6.07) is 0. The molecule has 2 atom stereocenters. The van der Waals surface area contributed by atoms with Crippen LogP contribution in [0.4, 0.5) is 0 Å². The van der Waals surface area contributed by atoms with Gasteiger partial charge in [-0.15, -0.1) is 5.10 Å². The van der Waals surface area contributed by atoms with Gasteiger partial charge in [0.1, 0.15) is 4.88 Å². The first kappa shape index (κ1) is 13.9. The average Bonchev–Trinajstić information content (AvgIpc) is 3.04. The number of amides is 1. The Hall–Kier alpha value is -1.50. The Kier molecular flexibility index (Phi) is 4.47. The highest BCUT2D eigenvalue weighted by Gasteiger charge is 2.33. The van der Waals surface area contributed by atoms with E-state index in [0.29, 0.717) is 30.0 Å². The average molecular weight is 283 g/mol. The molecule has 1 aromatic heterocycles. The molecule has 104 valence electrons. The van der Waals surface area contributed by atoms with E-state index >= 15 is 0 Å². The van der Waals surface area contributed by atoms with E-state index in [-0.39, 0.29) is 17.7 Å². The van der Waals surface area contributed by atoms with Crippen molar-refractivity contribution < 1.29 is 14.7 Å². The van der Waals surface area contributed by atoms with Gasteiger partial charge in [-0.05, 0) is 36.7 Å². The van der Waals surface area contributed by atoms with Gasteiger partial charge in [-0.1, -0.05) is 17.8 Å². The van der Waals surface area contributed by atoms with Crippen LogP contribution >= 0.6 is 11.5 Å². The molecule has 1 aromatic rings. The van der Waals surface area contributed by atoms with Gasteiger partial charge in [-0.2, -0.15) is 0 Å². The van der Waals surface area contributed by atoms with E-state index in [1.807, 2.05) is 6.92 Å². The monoisotopic (exact) mass is 283 g/mol. The summed E-state index contributed by atoms with van der Waals surface area (Å²) in [6.07, 6.45) is 3.15. The molecular formula is C12H17N3O3S. The topological polar surface area (TPSA) is 92.2 Å². The van der Waals surface area contributed by atoms with Crippen molar-refractivity contribution in [1.29, 1.82) is 0 Å². The Morgan fingerprint density at radius 1 is 1.47 bits per heavy atom. The van der Waals surface area contributed by atoms with Crippen molar-refractivity contribution in [3.8, 4) is 0 Å². The molecule has 1 fully saturated rings. The van der Waals surface area contributed by atoms with Crippen LogP contribution in [-0.4, -0.2) is 33.1 Å². The molecule has 0 aromatic carbocycles. The lowest BCUT2D eigenvalue weighted by atomic mass is 9.96. The van der Waals surface area contributed by atoms with Gasteiger partial charge in [0.05, 0.1) is 11.6 Å². The summed E-state index contributed by atoms with van der Waals surface area (Å²) < 4.78 is 3.77. The molecular weight excluding hydrogens is 266 g/mol. The Labute approximate surface area is 115 Å². The largest absolute Gasteiger partial charge is 0.481 e. The van der Waals surface area contributed by atoms with E-state index in [1.165, 1.54) is 0 Å². The molecule has 0 saturated heterocycles. The van der Waals surface area contributed by atoms with Gasteiger partial charge in [0, 0.05) is 6.54 Å². The molecule has 0 radical (unpaired) electrons. The minimum Gasteiger partial charge on any atom is -0.481 e. The van der Waals surface area contributed by atoms with Crippen molar-refractivity contribution in [2.24, 2.45) is 11.8 Å². The van der Waals surface area contributed by atoms with E-state index in [2.05, 4.69) is 14.9 Å². The van der Waals surface area contributed by atoms with Crippen LogP contribution in [0.2, 0.25) is 0 Å². The van der Waals surface area contributed by atoms with Crippen LogP contribution in [0.15, 0.2) is 0 Å². The van der Waals surface area contributed by atoms with E-state index < -0.39 is 5.97 Å². The number of nitrogens with one attached hydrogen (secondary N) is 1. The van der Waals surface area contributed by atoms with Crippen molar-refractivity contribution in [2.75, 3.05) is 6.54 Å². The molecule has 1 aliphatic rings. The summed E-state index contributed by atoms with van der Waals surface area (Å²) in [7, 11) is 0. The summed E-state index contributed by atoms with van der Waals surface area (Å²) in [5, 5.41) is 15.8. The second kappa shape index (κ2) is 6.10. The summed E-state index contributed by atoms with van der Waals surface area (Å²) in [6.45, 7) is 2.34. The highest BCUT2D eigenvalue weighted by Crippen LogP contribution is 2.31. The summed E-state index contributed by atoms with van der Waals surface area (Å²) in [5.74, 6) is -1.24.